The average molecular weight is 282 g/mol. The second-order valence-electron chi connectivity index (χ2n) is 5.13. The first-order valence-corrected chi connectivity index (χ1v) is 7.11. The number of hydrogen-bond donors (Lipinski definition) is 2. The zero-order valence-electron chi connectivity index (χ0n) is 11.9. The summed E-state index contributed by atoms with van der Waals surface area (Å²) in [5.41, 5.74) is 1.90. The lowest BCUT2D eigenvalue weighted by atomic mass is 10.1. The van der Waals surface area contributed by atoms with E-state index in [0.29, 0.717) is 32.3 Å². The molecule has 20 heavy (non-hydrogen) atoms. The summed E-state index contributed by atoms with van der Waals surface area (Å²) in [5, 5.41) is 12.6. The van der Waals surface area contributed by atoms with Crippen molar-refractivity contribution in [3.8, 4) is 0 Å². The number of benzene rings is 1. The summed E-state index contributed by atoms with van der Waals surface area (Å²) in [6, 6.07) is 5.40. The maximum Gasteiger partial charge on any atom is 0.123 e. The van der Waals surface area contributed by atoms with Gasteiger partial charge < -0.3 is 20.1 Å². The molecule has 0 aliphatic heterocycles. The minimum atomic E-state index is -0.225. The van der Waals surface area contributed by atoms with E-state index < -0.39 is 0 Å². The Morgan fingerprint density at radius 1 is 1.40 bits per heavy atom. The summed E-state index contributed by atoms with van der Waals surface area (Å²) in [4.78, 5) is 2.03. The number of methoxy groups -OCH3 is 1. The predicted octanol–water partition coefficient (Wildman–Crippen LogP) is 1.52. The van der Waals surface area contributed by atoms with Gasteiger partial charge in [-0.1, -0.05) is 0 Å². The van der Waals surface area contributed by atoms with Gasteiger partial charge in [0, 0.05) is 38.5 Å². The highest BCUT2D eigenvalue weighted by atomic mass is 19.1. The van der Waals surface area contributed by atoms with Crippen LogP contribution in [-0.4, -0.2) is 44.6 Å². The van der Waals surface area contributed by atoms with Gasteiger partial charge in [-0.05, 0) is 36.6 Å². The van der Waals surface area contributed by atoms with Crippen LogP contribution in [0.1, 0.15) is 18.4 Å². The molecule has 112 valence electrons. The van der Waals surface area contributed by atoms with E-state index in [4.69, 9.17) is 4.74 Å². The maximum atomic E-state index is 13.5. The van der Waals surface area contributed by atoms with Crippen molar-refractivity contribution in [2.24, 2.45) is 0 Å². The smallest absolute Gasteiger partial charge is 0.123 e. The van der Waals surface area contributed by atoms with E-state index in [-0.39, 0.29) is 12.4 Å². The molecule has 2 N–H and O–H groups in total. The molecular formula is C15H23FN2O2. The number of anilines is 1. The molecule has 0 radical (unpaired) electrons. The minimum Gasteiger partial charge on any atom is -0.395 e. The third kappa shape index (κ3) is 4.44. The summed E-state index contributed by atoms with van der Waals surface area (Å²) in [7, 11) is 1.65. The van der Waals surface area contributed by atoms with Gasteiger partial charge in [-0.2, -0.15) is 0 Å². The van der Waals surface area contributed by atoms with Crippen molar-refractivity contribution in [2.45, 2.75) is 25.4 Å². The zero-order valence-corrected chi connectivity index (χ0v) is 11.9. The standard InChI is InChI=1S/C15H23FN2O2/c1-20-9-7-18(6-8-19)15-5-2-13(16)10-12(15)11-17-14-3-4-14/h2,5,10,14,17,19H,3-4,6-9,11H2,1H3. The van der Waals surface area contributed by atoms with Crippen LogP contribution in [0.3, 0.4) is 0 Å². The van der Waals surface area contributed by atoms with Gasteiger partial charge in [0.15, 0.2) is 0 Å². The Morgan fingerprint density at radius 3 is 2.85 bits per heavy atom. The van der Waals surface area contributed by atoms with Crippen LogP contribution in [0.15, 0.2) is 18.2 Å². The first-order valence-electron chi connectivity index (χ1n) is 7.11. The molecule has 1 aliphatic rings. The van der Waals surface area contributed by atoms with Gasteiger partial charge in [0.25, 0.3) is 0 Å². The van der Waals surface area contributed by atoms with E-state index in [0.717, 1.165) is 11.3 Å². The fourth-order valence-electron chi connectivity index (χ4n) is 2.22. The summed E-state index contributed by atoms with van der Waals surface area (Å²) >= 11 is 0. The van der Waals surface area contributed by atoms with Crippen LogP contribution < -0.4 is 10.2 Å². The monoisotopic (exact) mass is 282 g/mol. The molecule has 0 heterocycles. The molecule has 0 aromatic heterocycles. The highest BCUT2D eigenvalue weighted by Crippen LogP contribution is 2.24. The molecule has 1 aromatic rings. The highest BCUT2D eigenvalue weighted by Gasteiger charge is 2.21. The average Bonchev–Trinajstić information content (AvgIpc) is 3.26. The zero-order chi connectivity index (χ0) is 14.4. The Morgan fingerprint density at radius 2 is 2.20 bits per heavy atom. The Kier molecular flexibility index (Phi) is 5.76. The molecule has 4 nitrogen and oxygen atoms in total. The molecule has 0 spiro atoms. The van der Waals surface area contributed by atoms with Crippen molar-refractivity contribution in [1.82, 2.24) is 5.32 Å². The van der Waals surface area contributed by atoms with Gasteiger partial charge >= 0.3 is 0 Å². The number of nitrogens with zero attached hydrogens (tertiary/aromatic N) is 1. The number of aliphatic hydroxyl groups excluding tert-OH is 1. The quantitative estimate of drug-likeness (QED) is 0.721. The van der Waals surface area contributed by atoms with Gasteiger partial charge in [-0.15, -0.1) is 0 Å². The maximum absolute atomic E-state index is 13.5. The Labute approximate surface area is 119 Å². The van der Waals surface area contributed by atoms with Crippen LogP contribution in [0.25, 0.3) is 0 Å². The summed E-state index contributed by atoms with van der Waals surface area (Å²) in [6.07, 6.45) is 2.41. The number of nitrogens with one attached hydrogen (secondary N) is 1. The number of aliphatic hydroxyl groups is 1. The van der Waals surface area contributed by atoms with Crippen molar-refractivity contribution >= 4 is 5.69 Å². The van der Waals surface area contributed by atoms with Crippen molar-refractivity contribution in [3.05, 3.63) is 29.6 Å². The van der Waals surface area contributed by atoms with Crippen LogP contribution in [-0.2, 0) is 11.3 Å². The van der Waals surface area contributed by atoms with Crippen LogP contribution in [0.2, 0.25) is 0 Å². The second kappa shape index (κ2) is 7.57. The largest absolute Gasteiger partial charge is 0.395 e. The van der Waals surface area contributed by atoms with E-state index in [9.17, 15) is 9.50 Å². The lowest BCUT2D eigenvalue weighted by molar-refractivity contribution is 0.203. The van der Waals surface area contributed by atoms with Crippen molar-refractivity contribution in [2.75, 3.05) is 38.3 Å². The molecule has 0 unspecified atom stereocenters. The topological polar surface area (TPSA) is 44.7 Å². The first kappa shape index (κ1) is 15.2. The molecule has 1 aromatic carbocycles. The van der Waals surface area contributed by atoms with Crippen molar-refractivity contribution in [1.29, 1.82) is 0 Å². The Hall–Kier alpha value is -1.17. The van der Waals surface area contributed by atoms with E-state index >= 15 is 0 Å². The van der Waals surface area contributed by atoms with E-state index in [1.54, 1.807) is 19.2 Å². The lowest BCUT2D eigenvalue weighted by Crippen LogP contribution is -2.31. The lowest BCUT2D eigenvalue weighted by Gasteiger charge is -2.26. The summed E-state index contributed by atoms with van der Waals surface area (Å²) in [6.45, 7) is 2.50. The normalized spacial score (nSPS) is 14.6. The van der Waals surface area contributed by atoms with Crippen molar-refractivity contribution in [3.63, 3.8) is 0 Å². The molecule has 0 atom stereocenters. The summed E-state index contributed by atoms with van der Waals surface area (Å²) < 4.78 is 18.6. The second-order valence-corrected chi connectivity index (χ2v) is 5.13. The molecule has 5 heteroatoms. The van der Waals surface area contributed by atoms with Gasteiger partial charge in [0.2, 0.25) is 0 Å². The molecule has 1 saturated carbocycles. The molecular weight excluding hydrogens is 259 g/mol. The summed E-state index contributed by atoms with van der Waals surface area (Å²) in [5.74, 6) is -0.225. The van der Waals surface area contributed by atoms with Gasteiger partial charge in [0.1, 0.15) is 5.82 Å². The molecule has 0 saturated heterocycles. The predicted molar refractivity (Wildman–Crippen MR) is 77.4 cm³/mol. The van der Waals surface area contributed by atoms with Crippen LogP contribution >= 0.6 is 0 Å². The molecule has 0 bridgehead atoms. The molecule has 2 rings (SSSR count). The highest BCUT2D eigenvalue weighted by molar-refractivity contribution is 5.54. The third-order valence-corrected chi connectivity index (χ3v) is 3.48. The molecule has 1 aliphatic carbocycles. The number of hydrogen-bond acceptors (Lipinski definition) is 4. The van der Waals surface area contributed by atoms with E-state index in [1.165, 1.54) is 18.9 Å². The van der Waals surface area contributed by atoms with Crippen molar-refractivity contribution < 1.29 is 14.2 Å². The third-order valence-electron chi connectivity index (χ3n) is 3.48. The fraction of sp³-hybridized carbons (Fsp3) is 0.600. The van der Waals surface area contributed by atoms with Gasteiger partial charge in [0.05, 0.1) is 13.2 Å². The van der Waals surface area contributed by atoms with Crippen LogP contribution in [0.4, 0.5) is 10.1 Å². The van der Waals surface area contributed by atoms with Crippen LogP contribution in [0, 0.1) is 5.82 Å². The minimum absolute atomic E-state index is 0.0661. The van der Waals surface area contributed by atoms with Gasteiger partial charge in [-0.3, -0.25) is 0 Å². The SMILES string of the molecule is COCCN(CCO)c1ccc(F)cc1CNC1CC1. The number of halogens is 1. The van der Waals surface area contributed by atoms with Crippen LogP contribution in [0.5, 0.6) is 0 Å². The molecule has 0 amide bonds. The number of rotatable bonds is 9. The number of ether oxygens (including phenoxy) is 1. The van der Waals surface area contributed by atoms with Gasteiger partial charge in [-0.25, -0.2) is 4.39 Å². The van der Waals surface area contributed by atoms with E-state index in [1.807, 2.05) is 4.90 Å². The van der Waals surface area contributed by atoms with E-state index in [2.05, 4.69) is 5.32 Å². The Balaban J connectivity index is 2.11. The first-order chi connectivity index (χ1) is 9.74. The Bertz CT molecular complexity index is 424. The fourth-order valence-corrected chi connectivity index (χ4v) is 2.22. The molecule has 1 fully saturated rings.